The molecule has 0 unspecified atom stereocenters. The van der Waals surface area contributed by atoms with Crippen molar-refractivity contribution < 1.29 is 4.74 Å². The fourth-order valence-corrected chi connectivity index (χ4v) is 1.92. The van der Waals surface area contributed by atoms with Crippen LogP contribution in [-0.2, 0) is 11.3 Å². The minimum Gasteiger partial charge on any atom is -0.375 e. The van der Waals surface area contributed by atoms with Crippen LogP contribution >= 0.6 is 0 Å². The van der Waals surface area contributed by atoms with Crippen molar-refractivity contribution >= 4 is 0 Å². The molecule has 0 radical (unpaired) electrons. The quantitative estimate of drug-likeness (QED) is 0.759. The van der Waals surface area contributed by atoms with E-state index in [0.717, 1.165) is 19.6 Å². The number of nitrogens with two attached hydrogens (primary N) is 1. The largest absolute Gasteiger partial charge is 0.375 e. The van der Waals surface area contributed by atoms with Gasteiger partial charge in [-0.25, -0.2) is 5.01 Å². The minimum absolute atomic E-state index is 0.411. The van der Waals surface area contributed by atoms with Crippen LogP contribution in [0, 0.1) is 0 Å². The Morgan fingerprint density at radius 1 is 1.33 bits per heavy atom. The fourth-order valence-electron chi connectivity index (χ4n) is 1.92. The molecular weight excluding hydrogens is 188 g/mol. The summed E-state index contributed by atoms with van der Waals surface area (Å²) in [4.78, 5) is 0. The predicted molar refractivity (Wildman–Crippen MR) is 60.0 cm³/mol. The van der Waals surface area contributed by atoms with Gasteiger partial charge in [0, 0.05) is 12.6 Å². The molecule has 82 valence electrons. The van der Waals surface area contributed by atoms with E-state index in [2.05, 4.69) is 12.1 Å². The van der Waals surface area contributed by atoms with Gasteiger partial charge in [0.05, 0.1) is 13.2 Å². The molecule has 1 aromatic rings. The van der Waals surface area contributed by atoms with E-state index in [1.54, 1.807) is 0 Å². The normalized spacial score (nSPS) is 22.1. The molecule has 1 aromatic carbocycles. The Labute approximate surface area is 90.8 Å². The van der Waals surface area contributed by atoms with Crippen molar-refractivity contribution in [3.05, 3.63) is 35.9 Å². The Hall–Kier alpha value is -0.900. The first-order valence-corrected chi connectivity index (χ1v) is 5.49. The number of hydrogen-bond donors (Lipinski definition) is 1. The van der Waals surface area contributed by atoms with E-state index in [4.69, 9.17) is 10.6 Å². The molecule has 1 aliphatic heterocycles. The van der Waals surface area contributed by atoms with Crippen LogP contribution in [0.15, 0.2) is 30.3 Å². The number of benzene rings is 1. The molecule has 15 heavy (non-hydrogen) atoms. The molecule has 0 spiro atoms. The lowest BCUT2D eigenvalue weighted by Crippen LogP contribution is -2.38. The van der Waals surface area contributed by atoms with Gasteiger partial charge in [-0.1, -0.05) is 30.3 Å². The monoisotopic (exact) mass is 206 g/mol. The Bertz CT molecular complexity index is 289. The summed E-state index contributed by atoms with van der Waals surface area (Å²) in [5, 5.41) is 1.89. The highest BCUT2D eigenvalue weighted by Crippen LogP contribution is 2.13. The van der Waals surface area contributed by atoms with E-state index < -0.39 is 0 Å². The highest BCUT2D eigenvalue weighted by Gasteiger charge is 2.21. The van der Waals surface area contributed by atoms with E-state index in [9.17, 15) is 0 Å². The van der Waals surface area contributed by atoms with Gasteiger partial charge in [-0.3, -0.25) is 5.84 Å². The third kappa shape index (κ3) is 3.02. The second-order valence-corrected chi connectivity index (χ2v) is 4.03. The van der Waals surface area contributed by atoms with Crippen molar-refractivity contribution in [3.8, 4) is 0 Å². The van der Waals surface area contributed by atoms with Crippen LogP contribution in [-0.4, -0.2) is 24.2 Å². The Morgan fingerprint density at radius 2 is 2.13 bits per heavy atom. The van der Waals surface area contributed by atoms with Gasteiger partial charge < -0.3 is 4.74 Å². The van der Waals surface area contributed by atoms with Gasteiger partial charge in [-0.05, 0) is 18.4 Å². The Balaban J connectivity index is 1.71. The smallest absolute Gasteiger partial charge is 0.0717 e. The van der Waals surface area contributed by atoms with Crippen molar-refractivity contribution in [2.75, 3.05) is 13.2 Å². The van der Waals surface area contributed by atoms with E-state index in [1.165, 1.54) is 12.0 Å². The molecule has 0 bridgehead atoms. The molecule has 3 heteroatoms. The third-order valence-corrected chi connectivity index (χ3v) is 2.84. The molecule has 2 N–H and O–H groups in total. The van der Waals surface area contributed by atoms with Crippen LogP contribution in [0.4, 0.5) is 0 Å². The molecular formula is C12H18N2O. The van der Waals surface area contributed by atoms with Crippen LogP contribution in [0.25, 0.3) is 0 Å². The van der Waals surface area contributed by atoms with Crippen molar-refractivity contribution in [2.45, 2.75) is 25.5 Å². The summed E-state index contributed by atoms with van der Waals surface area (Å²) in [7, 11) is 0. The first-order valence-electron chi connectivity index (χ1n) is 5.49. The molecule has 1 heterocycles. The summed E-state index contributed by atoms with van der Waals surface area (Å²) < 4.78 is 5.65. The van der Waals surface area contributed by atoms with E-state index >= 15 is 0 Å². The maximum atomic E-state index is 5.81. The number of hydrazine groups is 1. The lowest BCUT2D eigenvalue weighted by Gasteiger charge is -2.18. The van der Waals surface area contributed by atoms with Crippen LogP contribution in [0.5, 0.6) is 0 Å². The molecule has 1 fully saturated rings. The molecule has 1 saturated heterocycles. The predicted octanol–water partition coefficient (Wildman–Crippen LogP) is 1.54. The van der Waals surface area contributed by atoms with Crippen molar-refractivity contribution in [1.29, 1.82) is 0 Å². The average molecular weight is 206 g/mol. The van der Waals surface area contributed by atoms with Gasteiger partial charge in [-0.2, -0.15) is 0 Å². The second-order valence-electron chi connectivity index (χ2n) is 4.03. The molecule has 1 aliphatic rings. The van der Waals surface area contributed by atoms with Gasteiger partial charge in [0.15, 0.2) is 0 Å². The van der Waals surface area contributed by atoms with E-state index in [1.807, 2.05) is 23.2 Å². The van der Waals surface area contributed by atoms with Crippen molar-refractivity contribution in [2.24, 2.45) is 5.84 Å². The summed E-state index contributed by atoms with van der Waals surface area (Å²) in [6.07, 6.45) is 2.35. The molecule has 0 aliphatic carbocycles. The van der Waals surface area contributed by atoms with Gasteiger partial charge in [-0.15, -0.1) is 0 Å². The van der Waals surface area contributed by atoms with Crippen LogP contribution in [0.1, 0.15) is 18.4 Å². The van der Waals surface area contributed by atoms with Gasteiger partial charge in [0.25, 0.3) is 0 Å². The topological polar surface area (TPSA) is 38.5 Å². The molecule has 3 nitrogen and oxygen atoms in total. The number of rotatable bonds is 4. The lowest BCUT2D eigenvalue weighted by molar-refractivity contribution is 0.0669. The number of ether oxygens (including phenoxy) is 1. The van der Waals surface area contributed by atoms with Gasteiger partial charge in [0.2, 0.25) is 0 Å². The van der Waals surface area contributed by atoms with E-state index in [-0.39, 0.29) is 0 Å². The van der Waals surface area contributed by atoms with Crippen molar-refractivity contribution in [1.82, 2.24) is 5.01 Å². The standard InChI is InChI=1S/C12H18N2O/c13-14-8-4-7-12(14)10-15-9-11-5-2-1-3-6-11/h1-3,5-6,12H,4,7-10,13H2/t12-/m0/s1. The highest BCUT2D eigenvalue weighted by molar-refractivity contribution is 5.13. The first-order chi connectivity index (χ1) is 7.36. The maximum Gasteiger partial charge on any atom is 0.0717 e. The van der Waals surface area contributed by atoms with Crippen LogP contribution in [0.2, 0.25) is 0 Å². The zero-order valence-corrected chi connectivity index (χ0v) is 8.93. The number of nitrogens with zero attached hydrogens (tertiary/aromatic N) is 1. The first kappa shape index (κ1) is 10.6. The van der Waals surface area contributed by atoms with Crippen LogP contribution < -0.4 is 5.84 Å². The molecule has 0 amide bonds. The zero-order chi connectivity index (χ0) is 10.5. The minimum atomic E-state index is 0.411. The SMILES string of the molecule is NN1CCC[C@H]1COCc1ccccc1. The summed E-state index contributed by atoms with van der Waals surface area (Å²) >= 11 is 0. The fraction of sp³-hybridized carbons (Fsp3) is 0.500. The summed E-state index contributed by atoms with van der Waals surface area (Å²) in [5.41, 5.74) is 1.22. The summed E-state index contributed by atoms with van der Waals surface area (Å²) in [6, 6.07) is 10.6. The second kappa shape index (κ2) is 5.26. The third-order valence-electron chi connectivity index (χ3n) is 2.84. The van der Waals surface area contributed by atoms with Gasteiger partial charge in [0.1, 0.15) is 0 Å². The molecule has 1 atom stereocenters. The lowest BCUT2D eigenvalue weighted by atomic mass is 10.2. The molecule has 0 saturated carbocycles. The zero-order valence-electron chi connectivity index (χ0n) is 8.93. The summed E-state index contributed by atoms with van der Waals surface area (Å²) in [5.74, 6) is 5.81. The average Bonchev–Trinajstić information content (AvgIpc) is 2.66. The maximum absolute atomic E-state index is 5.81. The molecule has 0 aromatic heterocycles. The highest BCUT2D eigenvalue weighted by atomic mass is 16.5. The van der Waals surface area contributed by atoms with Gasteiger partial charge >= 0.3 is 0 Å². The summed E-state index contributed by atoms with van der Waals surface area (Å²) in [6.45, 7) is 2.43. The molecule has 2 rings (SSSR count). The number of hydrogen-bond acceptors (Lipinski definition) is 3. The van der Waals surface area contributed by atoms with E-state index in [0.29, 0.717) is 12.6 Å². The van der Waals surface area contributed by atoms with Crippen LogP contribution in [0.3, 0.4) is 0 Å². The van der Waals surface area contributed by atoms with Crippen molar-refractivity contribution in [3.63, 3.8) is 0 Å². The Kier molecular flexibility index (Phi) is 3.72. The Morgan fingerprint density at radius 3 is 2.80 bits per heavy atom.